The van der Waals surface area contributed by atoms with Gasteiger partial charge >= 0.3 is 0 Å². The van der Waals surface area contributed by atoms with E-state index in [1.165, 1.54) is 11.8 Å². The van der Waals surface area contributed by atoms with Gasteiger partial charge in [-0.15, -0.1) is 0 Å². The van der Waals surface area contributed by atoms with Crippen molar-refractivity contribution in [3.63, 3.8) is 0 Å². The van der Waals surface area contributed by atoms with Crippen molar-refractivity contribution in [3.8, 4) is 11.6 Å². The van der Waals surface area contributed by atoms with Gasteiger partial charge in [0.1, 0.15) is 5.52 Å². The molecule has 4 nitrogen and oxygen atoms in total. The second kappa shape index (κ2) is 4.62. The molecule has 3 aromatic rings. The van der Waals surface area contributed by atoms with Crippen molar-refractivity contribution in [2.24, 2.45) is 0 Å². The summed E-state index contributed by atoms with van der Waals surface area (Å²) in [6, 6.07) is 7.45. The van der Waals surface area contributed by atoms with Crippen molar-refractivity contribution in [2.45, 2.75) is 0 Å². The van der Waals surface area contributed by atoms with Crippen LogP contribution in [0.2, 0.25) is 0 Å². The molecule has 0 spiro atoms. The first kappa shape index (κ1) is 12.1. The number of fused-ring (bicyclic) bond motifs is 1. The average Bonchev–Trinajstić information content (AvgIpc) is 2.85. The minimum atomic E-state index is -0.514. The maximum Gasteiger partial charge on any atom is 0.252 e. The Hall–Kier alpha value is -1.95. The van der Waals surface area contributed by atoms with Crippen LogP contribution >= 0.6 is 15.9 Å². The van der Waals surface area contributed by atoms with Crippen LogP contribution in [0.25, 0.3) is 16.6 Å². The fourth-order valence-corrected chi connectivity index (χ4v) is 2.15. The van der Waals surface area contributed by atoms with E-state index in [2.05, 4.69) is 26.0 Å². The van der Waals surface area contributed by atoms with E-state index in [4.69, 9.17) is 4.74 Å². The van der Waals surface area contributed by atoms with Crippen LogP contribution in [-0.2, 0) is 0 Å². The summed E-state index contributed by atoms with van der Waals surface area (Å²) in [6.45, 7) is 0. The van der Waals surface area contributed by atoms with Gasteiger partial charge in [-0.1, -0.05) is 15.9 Å². The molecule has 0 aliphatic rings. The van der Waals surface area contributed by atoms with Gasteiger partial charge in [0.25, 0.3) is 5.88 Å². The molecule has 0 saturated carbocycles. The Morgan fingerprint density at radius 3 is 2.63 bits per heavy atom. The third-order valence-corrected chi connectivity index (χ3v) is 3.31. The lowest BCUT2D eigenvalue weighted by atomic mass is 10.3. The van der Waals surface area contributed by atoms with Gasteiger partial charge in [0, 0.05) is 16.1 Å². The predicted molar refractivity (Wildman–Crippen MR) is 73.1 cm³/mol. The Morgan fingerprint density at radius 2 is 1.95 bits per heavy atom. The SMILES string of the molecule is COc1ncc2cnn(-c3ccc(Br)cc3)c2c1F. The van der Waals surface area contributed by atoms with Crippen LogP contribution in [0.5, 0.6) is 5.88 Å². The Morgan fingerprint density at radius 1 is 1.21 bits per heavy atom. The molecule has 0 fully saturated rings. The highest BCUT2D eigenvalue weighted by Crippen LogP contribution is 2.26. The number of hydrogen-bond donors (Lipinski definition) is 0. The lowest BCUT2D eigenvalue weighted by Gasteiger charge is -2.06. The Balaban J connectivity index is 2.27. The third kappa shape index (κ3) is 1.98. The van der Waals surface area contributed by atoms with Gasteiger partial charge in [-0.3, -0.25) is 0 Å². The predicted octanol–water partition coefficient (Wildman–Crippen LogP) is 3.33. The highest BCUT2D eigenvalue weighted by Gasteiger charge is 2.15. The summed E-state index contributed by atoms with van der Waals surface area (Å²) in [5.41, 5.74) is 1.12. The Bertz CT molecular complexity index is 739. The van der Waals surface area contributed by atoms with Crippen molar-refractivity contribution < 1.29 is 9.13 Å². The summed E-state index contributed by atoms with van der Waals surface area (Å²) in [6.07, 6.45) is 3.12. The van der Waals surface area contributed by atoms with Gasteiger partial charge in [-0.2, -0.15) is 9.49 Å². The van der Waals surface area contributed by atoms with E-state index in [0.29, 0.717) is 10.9 Å². The van der Waals surface area contributed by atoms with Gasteiger partial charge in [0.2, 0.25) is 5.82 Å². The van der Waals surface area contributed by atoms with Crippen molar-refractivity contribution in [1.29, 1.82) is 0 Å². The molecule has 0 atom stereocenters. The van der Waals surface area contributed by atoms with Crippen molar-refractivity contribution >= 4 is 26.8 Å². The van der Waals surface area contributed by atoms with Crippen LogP contribution in [0.4, 0.5) is 4.39 Å². The number of nitrogens with zero attached hydrogens (tertiary/aromatic N) is 3. The molecule has 3 rings (SSSR count). The summed E-state index contributed by atoms with van der Waals surface area (Å²) in [7, 11) is 1.39. The van der Waals surface area contributed by atoms with Gasteiger partial charge in [-0.05, 0) is 24.3 Å². The molecule has 0 aliphatic heterocycles. The molecule has 0 radical (unpaired) electrons. The molecule has 6 heteroatoms. The third-order valence-electron chi connectivity index (χ3n) is 2.78. The molecule has 2 aromatic heterocycles. The van der Waals surface area contributed by atoms with Crippen LogP contribution in [0, 0.1) is 5.82 Å². The maximum atomic E-state index is 14.3. The number of pyridine rings is 1. The molecule has 2 heterocycles. The zero-order chi connectivity index (χ0) is 13.4. The number of benzene rings is 1. The zero-order valence-corrected chi connectivity index (χ0v) is 11.6. The van der Waals surface area contributed by atoms with Gasteiger partial charge in [0.05, 0.1) is 19.0 Å². The van der Waals surface area contributed by atoms with Crippen LogP contribution in [0.3, 0.4) is 0 Å². The Labute approximate surface area is 117 Å². The molecular formula is C13H9BrFN3O. The van der Waals surface area contributed by atoms with Gasteiger partial charge in [-0.25, -0.2) is 9.67 Å². The second-order valence-corrected chi connectivity index (χ2v) is 4.83. The zero-order valence-electron chi connectivity index (χ0n) is 9.97. The molecule has 0 amide bonds. The second-order valence-electron chi connectivity index (χ2n) is 3.92. The van der Waals surface area contributed by atoms with Crippen molar-refractivity contribution in [1.82, 2.24) is 14.8 Å². The fourth-order valence-electron chi connectivity index (χ4n) is 1.88. The first-order valence-corrected chi connectivity index (χ1v) is 6.32. The first-order valence-electron chi connectivity index (χ1n) is 5.53. The number of halogens is 2. The summed E-state index contributed by atoms with van der Waals surface area (Å²) in [4.78, 5) is 3.89. The fraction of sp³-hybridized carbons (Fsp3) is 0.0769. The summed E-state index contributed by atoms with van der Waals surface area (Å²) in [5.74, 6) is -0.549. The quantitative estimate of drug-likeness (QED) is 0.726. The first-order chi connectivity index (χ1) is 9.20. The monoisotopic (exact) mass is 321 g/mol. The largest absolute Gasteiger partial charge is 0.479 e. The number of rotatable bonds is 2. The maximum absolute atomic E-state index is 14.3. The smallest absolute Gasteiger partial charge is 0.252 e. The highest BCUT2D eigenvalue weighted by atomic mass is 79.9. The molecule has 0 N–H and O–H groups in total. The van der Waals surface area contributed by atoms with Crippen LogP contribution in [0.15, 0.2) is 41.1 Å². The number of ether oxygens (including phenoxy) is 1. The molecule has 0 aliphatic carbocycles. The number of hydrogen-bond acceptors (Lipinski definition) is 3. The number of methoxy groups -OCH3 is 1. The standard InChI is InChI=1S/C13H9BrFN3O/c1-19-13-11(15)12-8(6-16-13)7-17-18(12)10-4-2-9(14)3-5-10/h2-7H,1H3. The molecule has 19 heavy (non-hydrogen) atoms. The van der Waals surface area contributed by atoms with E-state index in [9.17, 15) is 4.39 Å². The van der Waals surface area contributed by atoms with Crippen molar-refractivity contribution in [3.05, 3.63) is 46.9 Å². The summed E-state index contributed by atoms with van der Waals surface area (Å²) >= 11 is 3.36. The lowest BCUT2D eigenvalue weighted by molar-refractivity contribution is 0.371. The normalized spacial score (nSPS) is 10.9. The van der Waals surface area contributed by atoms with E-state index in [1.807, 2.05) is 24.3 Å². The van der Waals surface area contributed by atoms with Crippen molar-refractivity contribution in [2.75, 3.05) is 7.11 Å². The molecule has 1 aromatic carbocycles. The highest BCUT2D eigenvalue weighted by molar-refractivity contribution is 9.10. The lowest BCUT2D eigenvalue weighted by Crippen LogP contribution is -2.00. The van der Waals surface area contributed by atoms with E-state index in [0.717, 1.165) is 10.2 Å². The molecule has 0 bridgehead atoms. The van der Waals surface area contributed by atoms with Gasteiger partial charge < -0.3 is 4.74 Å². The van der Waals surface area contributed by atoms with E-state index >= 15 is 0 Å². The van der Waals surface area contributed by atoms with E-state index < -0.39 is 5.82 Å². The molecule has 0 saturated heterocycles. The Kier molecular flexibility index (Phi) is 2.94. The molecular weight excluding hydrogens is 313 g/mol. The minimum absolute atomic E-state index is 0.0358. The van der Waals surface area contributed by atoms with Crippen LogP contribution in [-0.4, -0.2) is 21.9 Å². The minimum Gasteiger partial charge on any atom is -0.479 e. The van der Waals surface area contributed by atoms with E-state index in [1.54, 1.807) is 12.4 Å². The van der Waals surface area contributed by atoms with E-state index in [-0.39, 0.29) is 5.88 Å². The topological polar surface area (TPSA) is 39.9 Å². The number of aromatic nitrogens is 3. The molecule has 0 unspecified atom stereocenters. The molecule has 96 valence electrons. The van der Waals surface area contributed by atoms with Crippen LogP contribution < -0.4 is 4.74 Å². The summed E-state index contributed by atoms with van der Waals surface area (Å²) in [5, 5.41) is 4.82. The average molecular weight is 322 g/mol. The summed E-state index contributed by atoms with van der Waals surface area (Å²) < 4.78 is 21.6. The van der Waals surface area contributed by atoms with Gasteiger partial charge in [0.15, 0.2) is 0 Å². The van der Waals surface area contributed by atoms with Crippen LogP contribution in [0.1, 0.15) is 0 Å².